The predicted octanol–water partition coefficient (Wildman–Crippen LogP) is -3.27. The van der Waals surface area contributed by atoms with Crippen molar-refractivity contribution in [1.82, 2.24) is 18.7 Å². The van der Waals surface area contributed by atoms with E-state index in [0.29, 0.717) is 23.8 Å². The van der Waals surface area contributed by atoms with Crippen LogP contribution in [-0.4, -0.2) is 35.9 Å². The monoisotopic (exact) mass is 407 g/mol. The van der Waals surface area contributed by atoms with Crippen molar-refractivity contribution in [2.75, 3.05) is 0 Å². The van der Waals surface area contributed by atoms with Crippen LogP contribution < -0.4 is 29.0 Å². The van der Waals surface area contributed by atoms with E-state index in [-0.39, 0.29) is 35.4 Å². The molecule has 0 aliphatic carbocycles. The zero-order chi connectivity index (χ0) is 19.7. The molecule has 3 N–H and O–H groups in total. The van der Waals surface area contributed by atoms with Gasteiger partial charge in [0.1, 0.15) is 11.8 Å². The standard InChI is InChI=1S/C19H25N5O3.ClH/c1-12(9-14-5-7-15(25)8-6-14)21-13(2)10-24-11-20-17-16(24)18(26)23(4)19(27)22(17)3;/h5-8,11-13,21,25H,9-10H2,1-4H3;1H. The molecule has 2 atom stereocenters. The van der Waals surface area contributed by atoms with Crippen molar-refractivity contribution in [2.45, 2.75) is 38.9 Å². The number of fused-ring (bicyclic) bond motifs is 1. The van der Waals surface area contributed by atoms with E-state index in [9.17, 15) is 14.7 Å². The van der Waals surface area contributed by atoms with Gasteiger partial charge in [0.25, 0.3) is 5.56 Å². The van der Waals surface area contributed by atoms with Gasteiger partial charge in [-0.1, -0.05) is 12.1 Å². The Morgan fingerprint density at radius 2 is 1.71 bits per heavy atom. The van der Waals surface area contributed by atoms with Crippen LogP contribution in [0.3, 0.4) is 0 Å². The van der Waals surface area contributed by atoms with Crippen LogP contribution in [0.2, 0.25) is 0 Å². The second-order valence-corrected chi connectivity index (χ2v) is 7.29. The summed E-state index contributed by atoms with van der Waals surface area (Å²) in [5.41, 5.74) is 1.33. The minimum absolute atomic E-state index is 0. The van der Waals surface area contributed by atoms with Gasteiger partial charge in [-0.2, -0.15) is 0 Å². The summed E-state index contributed by atoms with van der Waals surface area (Å²) in [6.07, 6.45) is 2.51. The van der Waals surface area contributed by atoms with Gasteiger partial charge < -0.3 is 27.4 Å². The number of nitrogens with zero attached hydrogens (tertiary/aromatic N) is 4. The number of rotatable bonds is 6. The molecular weight excluding hydrogens is 382 g/mol. The molecule has 0 aliphatic rings. The lowest BCUT2D eigenvalue weighted by atomic mass is 10.1. The summed E-state index contributed by atoms with van der Waals surface area (Å²) in [6, 6.07) is 7.81. The van der Waals surface area contributed by atoms with Gasteiger partial charge in [-0.25, -0.2) is 9.78 Å². The van der Waals surface area contributed by atoms with E-state index in [1.165, 1.54) is 17.2 Å². The maximum Gasteiger partial charge on any atom is 0.332 e. The van der Waals surface area contributed by atoms with Crippen LogP contribution in [0.4, 0.5) is 0 Å². The van der Waals surface area contributed by atoms with Gasteiger partial charge in [0.2, 0.25) is 0 Å². The first-order valence-corrected chi connectivity index (χ1v) is 9.01. The first-order chi connectivity index (χ1) is 12.8. The molecule has 0 bridgehead atoms. The molecule has 8 nitrogen and oxygen atoms in total. The van der Waals surface area contributed by atoms with Crippen molar-refractivity contribution < 1.29 is 22.8 Å². The number of imidazole rings is 1. The van der Waals surface area contributed by atoms with Crippen molar-refractivity contribution in [2.24, 2.45) is 14.1 Å². The fourth-order valence-corrected chi connectivity index (χ4v) is 3.54. The number of hydrogen-bond acceptors (Lipinski definition) is 4. The van der Waals surface area contributed by atoms with Crippen LogP contribution in [-0.2, 0) is 27.1 Å². The van der Waals surface area contributed by atoms with Gasteiger partial charge in [-0.05, 0) is 31.5 Å². The largest absolute Gasteiger partial charge is 1.00 e. The number of phenolic OH excluding ortho intramolecular Hbond substituents is 1. The summed E-state index contributed by atoms with van der Waals surface area (Å²) >= 11 is 0. The molecule has 0 saturated carbocycles. The van der Waals surface area contributed by atoms with Gasteiger partial charge in [-0.3, -0.25) is 13.9 Å². The Morgan fingerprint density at radius 1 is 1.07 bits per heavy atom. The molecule has 2 aromatic heterocycles. The number of halogens is 1. The van der Waals surface area contributed by atoms with Crippen LogP contribution in [0.15, 0.2) is 40.2 Å². The third-order valence-corrected chi connectivity index (χ3v) is 4.85. The maximum absolute atomic E-state index is 12.5. The lowest BCUT2D eigenvalue weighted by molar-refractivity contribution is -0.716. The van der Waals surface area contributed by atoms with Crippen molar-refractivity contribution in [3.05, 3.63) is 57.0 Å². The highest BCUT2D eigenvalue weighted by Gasteiger charge is 2.18. The number of aromatic hydroxyl groups is 1. The molecule has 0 fully saturated rings. The first kappa shape index (κ1) is 21.7. The summed E-state index contributed by atoms with van der Waals surface area (Å²) in [5.74, 6) is 0.270. The molecule has 3 rings (SSSR count). The Morgan fingerprint density at radius 3 is 2.36 bits per heavy atom. The number of phenols is 1. The Kier molecular flexibility index (Phi) is 6.69. The molecule has 0 saturated heterocycles. The fraction of sp³-hybridized carbons (Fsp3) is 0.421. The Balaban J connectivity index is 0.00000280. The van der Waals surface area contributed by atoms with E-state index in [2.05, 4.69) is 24.1 Å². The quantitative estimate of drug-likeness (QED) is 0.448. The SMILES string of the molecule is CC(Cc1ccc(O)cc1)[NH2+]C(C)Cn1cnc2c1c(=O)n(C)c(=O)n2C.[Cl-]. The summed E-state index contributed by atoms with van der Waals surface area (Å²) < 4.78 is 4.34. The minimum atomic E-state index is -0.375. The first-order valence-electron chi connectivity index (χ1n) is 9.01. The minimum Gasteiger partial charge on any atom is -1.00 e. The zero-order valence-electron chi connectivity index (χ0n) is 16.5. The second kappa shape index (κ2) is 8.62. The van der Waals surface area contributed by atoms with Crippen molar-refractivity contribution in [3.63, 3.8) is 0 Å². The third-order valence-electron chi connectivity index (χ3n) is 4.85. The summed E-state index contributed by atoms with van der Waals surface area (Å²) in [5, 5.41) is 11.6. The number of quaternary nitrogens is 1. The number of aryl methyl sites for hydroxylation is 1. The molecule has 28 heavy (non-hydrogen) atoms. The third kappa shape index (κ3) is 4.28. The molecule has 0 radical (unpaired) electrons. The van der Waals surface area contributed by atoms with Gasteiger partial charge >= 0.3 is 5.69 Å². The van der Waals surface area contributed by atoms with Crippen LogP contribution in [0, 0.1) is 0 Å². The summed E-state index contributed by atoms with van der Waals surface area (Å²) in [6.45, 7) is 4.87. The highest BCUT2D eigenvalue weighted by Crippen LogP contribution is 2.10. The highest BCUT2D eigenvalue weighted by molar-refractivity contribution is 5.69. The van der Waals surface area contributed by atoms with E-state index >= 15 is 0 Å². The smallest absolute Gasteiger partial charge is 0.332 e. The summed E-state index contributed by atoms with van der Waals surface area (Å²) in [7, 11) is 3.10. The van der Waals surface area contributed by atoms with Crippen LogP contribution in [0.5, 0.6) is 5.75 Å². The Hall–Kier alpha value is -2.58. The molecule has 9 heteroatoms. The van der Waals surface area contributed by atoms with E-state index in [1.54, 1.807) is 25.5 Å². The Bertz CT molecular complexity index is 1070. The van der Waals surface area contributed by atoms with E-state index in [0.717, 1.165) is 11.0 Å². The van der Waals surface area contributed by atoms with Crippen molar-refractivity contribution >= 4 is 11.2 Å². The number of benzene rings is 1. The predicted molar refractivity (Wildman–Crippen MR) is 103 cm³/mol. The highest BCUT2D eigenvalue weighted by atomic mass is 35.5. The lowest BCUT2D eigenvalue weighted by Gasteiger charge is -2.18. The molecule has 2 heterocycles. The van der Waals surface area contributed by atoms with Gasteiger partial charge in [0.15, 0.2) is 11.2 Å². The molecule has 1 aromatic carbocycles. The van der Waals surface area contributed by atoms with Crippen LogP contribution in [0.25, 0.3) is 11.2 Å². The average Bonchev–Trinajstić information content (AvgIpc) is 3.03. The Labute approximate surface area is 168 Å². The molecule has 2 unspecified atom stereocenters. The normalized spacial score (nSPS) is 13.3. The fourth-order valence-electron chi connectivity index (χ4n) is 3.54. The topological polar surface area (TPSA) is 98.7 Å². The van der Waals surface area contributed by atoms with Crippen molar-refractivity contribution in [3.8, 4) is 5.75 Å². The average molecular weight is 408 g/mol. The number of aromatic nitrogens is 4. The van der Waals surface area contributed by atoms with E-state index < -0.39 is 0 Å². The lowest BCUT2D eigenvalue weighted by Crippen LogP contribution is -3.00. The van der Waals surface area contributed by atoms with Crippen molar-refractivity contribution in [1.29, 1.82) is 0 Å². The molecule has 0 spiro atoms. The molecule has 0 amide bonds. The number of hydrogen-bond donors (Lipinski definition) is 2. The maximum atomic E-state index is 12.5. The van der Waals surface area contributed by atoms with Gasteiger partial charge in [-0.15, -0.1) is 0 Å². The second-order valence-electron chi connectivity index (χ2n) is 7.29. The van der Waals surface area contributed by atoms with E-state index in [4.69, 9.17) is 0 Å². The molecule has 3 aromatic rings. The molecular formula is C19H26ClN5O3. The number of nitrogens with two attached hydrogens (primary N) is 1. The zero-order valence-corrected chi connectivity index (χ0v) is 17.2. The van der Waals surface area contributed by atoms with Gasteiger partial charge in [0.05, 0.1) is 18.9 Å². The van der Waals surface area contributed by atoms with Gasteiger partial charge in [0, 0.05) is 20.5 Å². The van der Waals surface area contributed by atoms with Crippen LogP contribution in [0.1, 0.15) is 19.4 Å². The molecule has 152 valence electrons. The van der Waals surface area contributed by atoms with Crippen LogP contribution >= 0.6 is 0 Å². The molecule has 0 aliphatic heterocycles. The summed E-state index contributed by atoms with van der Waals surface area (Å²) in [4.78, 5) is 28.8. The van der Waals surface area contributed by atoms with E-state index in [1.807, 2.05) is 16.7 Å².